The number of carboxylic acid groups (broad SMARTS) is 1. The molecule has 0 spiro atoms. The zero-order valence-corrected chi connectivity index (χ0v) is 22.2. The maximum Gasteiger partial charge on any atom is 0.326 e. The molecule has 198 valence electrons. The first kappa shape index (κ1) is 26.7. The van der Waals surface area contributed by atoms with Crippen molar-refractivity contribution in [2.45, 2.75) is 97.1 Å². The lowest BCUT2D eigenvalue weighted by atomic mass is 9.46. The molecule has 7 nitrogen and oxygen atoms in total. The fourth-order valence-corrected chi connectivity index (χ4v) is 7.97. The average Bonchev–Trinajstić information content (AvgIpc) is 3.13. The number of aliphatic carboxylic acids is 1. The SMILES string of the molecule is C#C[C@@]1(O)CC[C@H]2[C@@H]3CCC4=CC(=NOCC(=O)NC(C(=O)O)C(C)CC)CC[C@]4(C)[C@H]3CC[C@@]21C. The lowest BCUT2D eigenvalue weighted by Crippen LogP contribution is -2.54. The van der Waals surface area contributed by atoms with Crippen LogP contribution in [-0.2, 0) is 14.4 Å². The molecule has 0 saturated heterocycles. The molecule has 0 heterocycles. The Balaban J connectivity index is 1.40. The van der Waals surface area contributed by atoms with Gasteiger partial charge in [0.1, 0.15) is 11.6 Å². The monoisotopic (exact) mass is 498 g/mol. The lowest BCUT2D eigenvalue weighted by molar-refractivity contribution is -0.144. The summed E-state index contributed by atoms with van der Waals surface area (Å²) in [6, 6.07) is -0.930. The van der Waals surface area contributed by atoms with Gasteiger partial charge in [-0.3, -0.25) is 4.79 Å². The molecule has 3 fully saturated rings. The topological polar surface area (TPSA) is 108 Å². The van der Waals surface area contributed by atoms with Gasteiger partial charge in [-0.1, -0.05) is 50.8 Å². The zero-order chi connectivity index (χ0) is 26.3. The summed E-state index contributed by atoms with van der Waals surface area (Å²) in [5.74, 6) is 2.70. The summed E-state index contributed by atoms with van der Waals surface area (Å²) in [5.41, 5.74) is 1.20. The Morgan fingerprint density at radius 1 is 1.22 bits per heavy atom. The molecule has 0 aromatic carbocycles. The van der Waals surface area contributed by atoms with Crippen molar-refractivity contribution in [3.8, 4) is 12.3 Å². The van der Waals surface area contributed by atoms with Crippen molar-refractivity contribution in [3.05, 3.63) is 11.6 Å². The van der Waals surface area contributed by atoms with E-state index in [4.69, 9.17) is 11.3 Å². The second-order valence-corrected chi connectivity index (χ2v) is 12.1. The van der Waals surface area contributed by atoms with Gasteiger partial charge in [-0.15, -0.1) is 6.42 Å². The molecule has 8 atom stereocenters. The van der Waals surface area contributed by atoms with E-state index in [-0.39, 0.29) is 23.4 Å². The highest BCUT2D eigenvalue weighted by Crippen LogP contribution is 2.67. The third-order valence-electron chi connectivity index (χ3n) is 10.5. The molecule has 0 aromatic heterocycles. The molecule has 4 aliphatic carbocycles. The van der Waals surface area contributed by atoms with E-state index in [1.807, 2.05) is 6.92 Å². The molecule has 0 radical (unpaired) electrons. The Hall–Kier alpha value is -2.33. The minimum atomic E-state index is -1.04. The summed E-state index contributed by atoms with van der Waals surface area (Å²) in [7, 11) is 0. The summed E-state index contributed by atoms with van der Waals surface area (Å²) in [6.07, 6.45) is 16.3. The number of rotatable bonds is 7. The van der Waals surface area contributed by atoms with Crippen molar-refractivity contribution in [1.82, 2.24) is 5.32 Å². The normalized spacial score (nSPS) is 40.1. The van der Waals surface area contributed by atoms with E-state index >= 15 is 0 Å². The number of allylic oxidation sites excluding steroid dienone is 2. The first-order valence-electron chi connectivity index (χ1n) is 13.6. The highest BCUT2D eigenvalue weighted by atomic mass is 16.6. The average molecular weight is 499 g/mol. The highest BCUT2D eigenvalue weighted by molar-refractivity contribution is 5.96. The third-order valence-corrected chi connectivity index (χ3v) is 10.5. The number of hydrogen-bond donors (Lipinski definition) is 3. The molecule has 0 aliphatic heterocycles. The molecule has 7 heteroatoms. The first-order chi connectivity index (χ1) is 17.0. The maximum atomic E-state index is 12.2. The van der Waals surface area contributed by atoms with E-state index in [0.29, 0.717) is 30.6 Å². The van der Waals surface area contributed by atoms with E-state index in [0.717, 1.165) is 50.7 Å². The number of carboxylic acids is 1. The minimum absolute atomic E-state index is 0.114. The van der Waals surface area contributed by atoms with Crippen LogP contribution in [0.1, 0.15) is 85.5 Å². The van der Waals surface area contributed by atoms with Crippen molar-refractivity contribution in [1.29, 1.82) is 0 Å². The molecule has 4 aliphatic rings. The van der Waals surface area contributed by atoms with E-state index in [2.05, 4.69) is 36.3 Å². The zero-order valence-electron chi connectivity index (χ0n) is 22.2. The van der Waals surface area contributed by atoms with Crippen LogP contribution in [-0.4, -0.2) is 46.1 Å². The molecule has 1 amide bonds. The van der Waals surface area contributed by atoms with Crippen LogP contribution in [0.15, 0.2) is 16.8 Å². The van der Waals surface area contributed by atoms with E-state index in [1.165, 1.54) is 5.57 Å². The number of hydrogen-bond acceptors (Lipinski definition) is 5. The fourth-order valence-electron chi connectivity index (χ4n) is 7.97. The Labute approximate surface area is 215 Å². The number of carbonyl (C=O) groups excluding carboxylic acids is 1. The second kappa shape index (κ2) is 9.85. The Bertz CT molecular complexity index is 998. The van der Waals surface area contributed by atoms with Crippen LogP contribution in [0.3, 0.4) is 0 Å². The maximum absolute atomic E-state index is 12.2. The second-order valence-electron chi connectivity index (χ2n) is 12.1. The molecule has 3 N–H and O–H groups in total. The Morgan fingerprint density at radius 3 is 2.61 bits per heavy atom. The fraction of sp³-hybridized carbons (Fsp3) is 0.759. The summed E-state index contributed by atoms with van der Waals surface area (Å²) >= 11 is 0. The molecule has 2 unspecified atom stereocenters. The molecular weight excluding hydrogens is 456 g/mol. The Morgan fingerprint density at radius 2 is 1.94 bits per heavy atom. The van der Waals surface area contributed by atoms with Gasteiger partial charge in [0.2, 0.25) is 0 Å². The molecule has 0 aromatic rings. The largest absolute Gasteiger partial charge is 0.480 e. The van der Waals surface area contributed by atoms with Crippen LogP contribution in [0, 0.1) is 46.8 Å². The van der Waals surface area contributed by atoms with Gasteiger partial charge in [0.25, 0.3) is 5.91 Å². The number of amides is 1. The summed E-state index contributed by atoms with van der Waals surface area (Å²) < 4.78 is 0. The summed E-state index contributed by atoms with van der Waals surface area (Å²) in [4.78, 5) is 29.0. The van der Waals surface area contributed by atoms with Crippen LogP contribution < -0.4 is 5.32 Å². The van der Waals surface area contributed by atoms with E-state index in [1.54, 1.807) is 6.92 Å². The third kappa shape index (κ3) is 4.36. The van der Waals surface area contributed by atoms with Crippen molar-refractivity contribution < 1.29 is 24.6 Å². The van der Waals surface area contributed by atoms with Crippen LogP contribution >= 0.6 is 0 Å². The van der Waals surface area contributed by atoms with Crippen LogP contribution in [0.2, 0.25) is 0 Å². The first-order valence-corrected chi connectivity index (χ1v) is 13.6. The number of oxime groups is 1. The van der Waals surface area contributed by atoms with Gasteiger partial charge in [-0.25, -0.2) is 4.79 Å². The smallest absolute Gasteiger partial charge is 0.326 e. The number of aliphatic hydroxyl groups is 1. The molecule has 0 bridgehead atoms. The van der Waals surface area contributed by atoms with E-state index in [9.17, 15) is 19.8 Å². The van der Waals surface area contributed by atoms with Crippen molar-refractivity contribution in [3.63, 3.8) is 0 Å². The Kier molecular flexibility index (Phi) is 7.31. The van der Waals surface area contributed by atoms with Gasteiger partial charge >= 0.3 is 5.97 Å². The standard InChI is InChI=1S/C29H42N2O5/c1-6-18(3)25(26(33)34)30-24(32)17-36-31-20-10-13-27(4)19(16-20)8-9-21-22(27)11-14-28(5)23(21)12-15-29(28,35)7-2/h2,16,18,21-23,25,35H,6,8-15,17H2,1,3-5H3,(H,30,32)(H,33,34)/t18?,21-,22+,23+,25?,27+,28+,29-/m1/s1. The minimum Gasteiger partial charge on any atom is -0.480 e. The summed E-state index contributed by atoms with van der Waals surface area (Å²) in [5, 5.41) is 27.3. The van der Waals surface area contributed by atoms with Crippen LogP contribution in [0.25, 0.3) is 0 Å². The predicted molar refractivity (Wildman–Crippen MR) is 138 cm³/mol. The lowest BCUT2D eigenvalue weighted by Gasteiger charge is -2.58. The van der Waals surface area contributed by atoms with Crippen LogP contribution in [0.4, 0.5) is 0 Å². The predicted octanol–water partition coefficient (Wildman–Crippen LogP) is 4.30. The van der Waals surface area contributed by atoms with Gasteiger partial charge in [0.15, 0.2) is 6.61 Å². The van der Waals surface area contributed by atoms with E-state index < -0.39 is 23.5 Å². The molecule has 36 heavy (non-hydrogen) atoms. The highest BCUT2D eigenvalue weighted by Gasteiger charge is 2.63. The number of terminal acetylenes is 1. The van der Waals surface area contributed by atoms with Gasteiger partial charge < -0.3 is 20.4 Å². The quantitative estimate of drug-likeness (QED) is 0.358. The van der Waals surface area contributed by atoms with Gasteiger partial charge in [-0.05, 0) is 86.5 Å². The van der Waals surface area contributed by atoms with Gasteiger partial charge in [-0.2, -0.15) is 0 Å². The number of fused-ring (bicyclic) bond motifs is 5. The number of nitrogens with one attached hydrogen (secondary N) is 1. The van der Waals surface area contributed by atoms with Gasteiger partial charge in [0, 0.05) is 5.41 Å². The molecule has 4 rings (SSSR count). The number of carbonyl (C=O) groups is 2. The summed E-state index contributed by atoms with van der Waals surface area (Å²) in [6.45, 7) is 8.01. The molecule has 3 saturated carbocycles. The van der Waals surface area contributed by atoms with Gasteiger partial charge in [0.05, 0.1) is 5.71 Å². The van der Waals surface area contributed by atoms with Crippen molar-refractivity contribution in [2.24, 2.45) is 39.7 Å². The molecular formula is C29H42N2O5. The van der Waals surface area contributed by atoms with Crippen LogP contribution in [0.5, 0.6) is 0 Å². The van der Waals surface area contributed by atoms with Crippen molar-refractivity contribution in [2.75, 3.05) is 6.61 Å². The van der Waals surface area contributed by atoms with Crippen molar-refractivity contribution >= 4 is 17.6 Å². The number of nitrogens with zero attached hydrogens (tertiary/aromatic N) is 1.